The van der Waals surface area contributed by atoms with Crippen molar-refractivity contribution in [2.75, 3.05) is 26.4 Å². The Morgan fingerprint density at radius 2 is 2.03 bits per heavy atom. The van der Waals surface area contributed by atoms with Crippen LogP contribution in [0.3, 0.4) is 0 Å². The van der Waals surface area contributed by atoms with E-state index in [1.807, 2.05) is 45.0 Å². The quantitative estimate of drug-likeness (QED) is 0.373. The van der Waals surface area contributed by atoms with Crippen LogP contribution in [-0.2, 0) is 20.7 Å². The number of nitrogens with zero attached hydrogens (tertiary/aromatic N) is 1. The van der Waals surface area contributed by atoms with E-state index in [0.717, 1.165) is 17.7 Å². The number of carbonyl (C=O) groups excluding carboxylic acids is 2. The third kappa shape index (κ3) is 4.59. The van der Waals surface area contributed by atoms with Crippen molar-refractivity contribution in [3.05, 3.63) is 64.7 Å². The van der Waals surface area contributed by atoms with Gasteiger partial charge in [-0.3, -0.25) is 9.59 Å². The fourth-order valence-electron chi connectivity index (χ4n) is 4.27. The first kappa shape index (κ1) is 22.9. The molecule has 2 aromatic rings. The van der Waals surface area contributed by atoms with E-state index in [0.29, 0.717) is 30.1 Å². The van der Waals surface area contributed by atoms with Gasteiger partial charge in [0.25, 0.3) is 11.7 Å². The summed E-state index contributed by atoms with van der Waals surface area (Å²) in [5, 5.41) is 11.3. The monoisotopic (exact) mass is 451 g/mol. The molecule has 2 aliphatic rings. The topological polar surface area (TPSA) is 85.3 Å². The number of ether oxygens (including phenoxy) is 3. The Labute approximate surface area is 193 Å². The van der Waals surface area contributed by atoms with Crippen molar-refractivity contribution in [2.24, 2.45) is 0 Å². The lowest BCUT2D eigenvalue weighted by molar-refractivity contribution is -0.140. The van der Waals surface area contributed by atoms with E-state index in [-0.39, 0.29) is 30.6 Å². The van der Waals surface area contributed by atoms with Gasteiger partial charge in [0, 0.05) is 18.5 Å². The van der Waals surface area contributed by atoms with Crippen molar-refractivity contribution in [3.63, 3.8) is 0 Å². The van der Waals surface area contributed by atoms with Gasteiger partial charge in [0.05, 0.1) is 37.5 Å². The molecule has 1 fully saturated rings. The minimum Gasteiger partial charge on any atom is -0.507 e. The summed E-state index contributed by atoms with van der Waals surface area (Å²) in [6, 6.07) is 11.8. The lowest BCUT2D eigenvalue weighted by atomic mass is 9.94. The molecule has 0 radical (unpaired) electrons. The number of ketones is 1. The van der Waals surface area contributed by atoms with Gasteiger partial charge < -0.3 is 24.2 Å². The van der Waals surface area contributed by atoms with Gasteiger partial charge in [0.1, 0.15) is 17.3 Å². The highest BCUT2D eigenvalue weighted by Crippen LogP contribution is 2.41. The van der Waals surface area contributed by atoms with Crippen molar-refractivity contribution >= 4 is 17.4 Å². The molecule has 2 heterocycles. The van der Waals surface area contributed by atoms with E-state index in [1.54, 1.807) is 18.2 Å². The van der Waals surface area contributed by atoms with E-state index in [2.05, 4.69) is 0 Å². The number of carbonyl (C=O) groups is 2. The van der Waals surface area contributed by atoms with Crippen LogP contribution in [0.15, 0.2) is 48.0 Å². The van der Waals surface area contributed by atoms with Crippen LogP contribution in [0.25, 0.3) is 5.76 Å². The van der Waals surface area contributed by atoms with Crippen LogP contribution >= 0.6 is 0 Å². The Balaban J connectivity index is 1.79. The summed E-state index contributed by atoms with van der Waals surface area (Å²) in [6.45, 7) is 7.29. The molecule has 7 heteroatoms. The van der Waals surface area contributed by atoms with E-state index in [1.165, 1.54) is 4.90 Å². The summed E-state index contributed by atoms with van der Waals surface area (Å²) in [4.78, 5) is 27.7. The van der Waals surface area contributed by atoms with Gasteiger partial charge in [0.2, 0.25) is 0 Å². The summed E-state index contributed by atoms with van der Waals surface area (Å²) < 4.78 is 16.8. The van der Waals surface area contributed by atoms with Gasteiger partial charge in [-0.05, 0) is 62.2 Å². The molecule has 1 atom stereocenters. The third-order valence-corrected chi connectivity index (χ3v) is 5.77. The molecule has 4 rings (SSSR count). The van der Waals surface area contributed by atoms with Gasteiger partial charge in [-0.25, -0.2) is 0 Å². The SMILES string of the molecule is CCOc1cccc(C2/C(=C(/O)c3ccc4c(c3)CCO4)C(=O)C(=O)N2CCOC(C)C)c1. The normalized spacial score (nSPS) is 19.2. The molecule has 2 aliphatic heterocycles. The summed E-state index contributed by atoms with van der Waals surface area (Å²) in [5.41, 5.74) is 2.21. The minimum absolute atomic E-state index is 0.00446. The Morgan fingerprint density at radius 3 is 2.79 bits per heavy atom. The molecular weight excluding hydrogens is 422 g/mol. The highest BCUT2D eigenvalue weighted by molar-refractivity contribution is 6.46. The number of benzene rings is 2. The van der Waals surface area contributed by atoms with Crippen molar-refractivity contribution < 1.29 is 28.9 Å². The van der Waals surface area contributed by atoms with E-state index < -0.39 is 17.7 Å². The highest BCUT2D eigenvalue weighted by Gasteiger charge is 2.46. The van der Waals surface area contributed by atoms with Gasteiger partial charge >= 0.3 is 0 Å². The average Bonchev–Trinajstić information content (AvgIpc) is 3.36. The Kier molecular flexibility index (Phi) is 6.70. The second-order valence-electron chi connectivity index (χ2n) is 8.34. The number of aliphatic hydroxyl groups is 1. The Hall–Kier alpha value is -3.32. The first-order valence-electron chi connectivity index (χ1n) is 11.3. The Morgan fingerprint density at radius 1 is 1.21 bits per heavy atom. The maximum absolute atomic E-state index is 13.1. The van der Waals surface area contributed by atoms with E-state index >= 15 is 0 Å². The predicted molar refractivity (Wildman–Crippen MR) is 123 cm³/mol. The molecule has 1 unspecified atom stereocenters. The zero-order valence-corrected chi connectivity index (χ0v) is 19.2. The fourth-order valence-corrected chi connectivity index (χ4v) is 4.27. The maximum Gasteiger partial charge on any atom is 0.295 e. The maximum atomic E-state index is 13.1. The summed E-state index contributed by atoms with van der Waals surface area (Å²) in [6.07, 6.45) is 0.729. The number of rotatable bonds is 8. The predicted octanol–water partition coefficient (Wildman–Crippen LogP) is 3.87. The number of likely N-dealkylation sites (tertiary alicyclic amines) is 1. The molecular formula is C26H29NO6. The van der Waals surface area contributed by atoms with Gasteiger partial charge in [-0.1, -0.05) is 12.1 Å². The average molecular weight is 452 g/mol. The highest BCUT2D eigenvalue weighted by atomic mass is 16.5. The van der Waals surface area contributed by atoms with E-state index in [4.69, 9.17) is 14.2 Å². The lowest BCUT2D eigenvalue weighted by Gasteiger charge is -2.26. The smallest absolute Gasteiger partial charge is 0.295 e. The molecule has 1 saturated heterocycles. The molecule has 0 aliphatic carbocycles. The molecule has 0 aromatic heterocycles. The number of hydrogen-bond donors (Lipinski definition) is 1. The zero-order valence-electron chi connectivity index (χ0n) is 19.2. The van der Waals surface area contributed by atoms with Gasteiger partial charge in [0.15, 0.2) is 0 Å². The van der Waals surface area contributed by atoms with Gasteiger partial charge in [-0.15, -0.1) is 0 Å². The second-order valence-corrected chi connectivity index (χ2v) is 8.34. The van der Waals surface area contributed by atoms with Crippen LogP contribution < -0.4 is 9.47 Å². The minimum atomic E-state index is -0.745. The number of Topliss-reactive ketones (excluding diaryl/α,β-unsaturated/α-hetero) is 1. The molecule has 0 saturated carbocycles. The number of amides is 1. The summed E-state index contributed by atoms with van der Waals surface area (Å²) >= 11 is 0. The molecule has 174 valence electrons. The zero-order chi connectivity index (χ0) is 23.5. The first-order chi connectivity index (χ1) is 15.9. The summed E-state index contributed by atoms with van der Waals surface area (Å²) in [5.74, 6) is -0.143. The lowest BCUT2D eigenvalue weighted by Crippen LogP contribution is -2.33. The largest absolute Gasteiger partial charge is 0.507 e. The molecule has 0 spiro atoms. The third-order valence-electron chi connectivity index (χ3n) is 5.77. The van der Waals surface area contributed by atoms with Crippen molar-refractivity contribution in [1.29, 1.82) is 0 Å². The molecule has 1 N–H and O–H groups in total. The number of fused-ring (bicyclic) bond motifs is 1. The van der Waals surface area contributed by atoms with Crippen LogP contribution in [0.5, 0.6) is 11.5 Å². The van der Waals surface area contributed by atoms with Crippen LogP contribution in [-0.4, -0.2) is 54.2 Å². The van der Waals surface area contributed by atoms with Crippen LogP contribution in [0.4, 0.5) is 0 Å². The van der Waals surface area contributed by atoms with Crippen molar-refractivity contribution in [1.82, 2.24) is 4.90 Å². The van der Waals surface area contributed by atoms with E-state index in [9.17, 15) is 14.7 Å². The van der Waals surface area contributed by atoms with Crippen molar-refractivity contribution in [3.8, 4) is 11.5 Å². The van der Waals surface area contributed by atoms with Gasteiger partial charge in [-0.2, -0.15) is 0 Å². The van der Waals surface area contributed by atoms with Crippen LogP contribution in [0, 0.1) is 0 Å². The first-order valence-corrected chi connectivity index (χ1v) is 11.3. The second kappa shape index (κ2) is 9.67. The molecule has 33 heavy (non-hydrogen) atoms. The van der Waals surface area contributed by atoms with Crippen LogP contribution in [0.2, 0.25) is 0 Å². The van der Waals surface area contributed by atoms with Crippen LogP contribution in [0.1, 0.15) is 43.5 Å². The Bertz CT molecular complexity index is 1090. The molecule has 1 amide bonds. The number of aliphatic hydroxyl groups excluding tert-OH is 1. The molecule has 0 bridgehead atoms. The molecule has 2 aromatic carbocycles. The fraction of sp³-hybridized carbons (Fsp3) is 0.385. The summed E-state index contributed by atoms with van der Waals surface area (Å²) in [7, 11) is 0. The number of hydrogen-bond acceptors (Lipinski definition) is 6. The standard InChI is InChI=1S/C26H29NO6/c1-4-31-20-7-5-6-18(15-20)23-22(25(29)26(30)27(23)11-13-32-16(2)3)24(28)19-8-9-21-17(14-19)10-12-33-21/h5-9,14-16,23,28H,4,10-13H2,1-3H3/b24-22-. The van der Waals surface area contributed by atoms with Crippen molar-refractivity contribution in [2.45, 2.75) is 39.3 Å². The molecule has 7 nitrogen and oxygen atoms in total.